The van der Waals surface area contributed by atoms with Crippen LogP contribution in [0.3, 0.4) is 0 Å². The lowest BCUT2D eigenvalue weighted by molar-refractivity contribution is -0.146. The number of amides is 1. The molecule has 0 atom stereocenters. The number of hydrogen-bond acceptors (Lipinski definition) is 4. The fourth-order valence-electron chi connectivity index (χ4n) is 2.15. The van der Waals surface area contributed by atoms with Gasteiger partial charge in [-0.2, -0.15) is 0 Å². The third-order valence-corrected chi connectivity index (χ3v) is 3.66. The fraction of sp³-hybridized carbons (Fsp3) is 0.263. The highest BCUT2D eigenvalue weighted by Gasteiger charge is 2.10. The highest BCUT2D eigenvalue weighted by molar-refractivity contribution is 6.31. The van der Waals surface area contributed by atoms with Gasteiger partial charge in [-0.05, 0) is 49.2 Å². The molecule has 1 amide bonds. The molecule has 0 saturated heterocycles. The lowest BCUT2D eigenvalue weighted by atomic mass is 10.1. The van der Waals surface area contributed by atoms with E-state index in [-0.39, 0.29) is 13.0 Å². The van der Waals surface area contributed by atoms with E-state index in [9.17, 15) is 9.59 Å². The summed E-state index contributed by atoms with van der Waals surface area (Å²) in [5.74, 6) is -0.136. The third-order valence-electron chi connectivity index (χ3n) is 3.42. The molecule has 0 fully saturated rings. The maximum absolute atomic E-state index is 11.9. The minimum absolute atomic E-state index is 0.0931. The Morgan fingerprint density at radius 2 is 1.84 bits per heavy atom. The molecule has 0 radical (unpaired) electrons. The summed E-state index contributed by atoms with van der Waals surface area (Å²) < 4.78 is 10.4. The van der Waals surface area contributed by atoms with Crippen LogP contribution in [0.15, 0.2) is 42.5 Å². The topological polar surface area (TPSA) is 64.6 Å². The highest BCUT2D eigenvalue weighted by Crippen LogP contribution is 2.20. The first-order valence-electron chi connectivity index (χ1n) is 7.91. The first-order valence-corrected chi connectivity index (χ1v) is 8.29. The molecule has 0 bridgehead atoms. The summed E-state index contributed by atoms with van der Waals surface area (Å²) in [7, 11) is 0. The summed E-state index contributed by atoms with van der Waals surface area (Å²) in [6.45, 7) is 4.00. The zero-order valence-corrected chi connectivity index (χ0v) is 14.9. The summed E-state index contributed by atoms with van der Waals surface area (Å²) in [4.78, 5) is 23.7. The molecular formula is C19H20ClNO4. The average molecular weight is 362 g/mol. The van der Waals surface area contributed by atoms with Crippen molar-refractivity contribution < 1.29 is 19.1 Å². The minimum atomic E-state index is -0.470. The second kappa shape index (κ2) is 9.08. The Hall–Kier alpha value is -2.53. The monoisotopic (exact) mass is 361 g/mol. The molecular weight excluding hydrogens is 342 g/mol. The Morgan fingerprint density at radius 3 is 2.52 bits per heavy atom. The zero-order chi connectivity index (χ0) is 18.2. The van der Waals surface area contributed by atoms with Crippen molar-refractivity contribution in [2.45, 2.75) is 20.3 Å². The molecule has 1 N–H and O–H groups in total. The number of nitrogens with one attached hydrogen (secondary N) is 1. The predicted molar refractivity (Wildman–Crippen MR) is 97.1 cm³/mol. The summed E-state index contributed by atoms with van der Waals surface area (Å²) in [5, 5.41) is 3.20. The molecule has 5 nitrogen and oxygen atoms in total. The van der Waals surface area contributed by atoms with Gasteiger partial charge >= 0.3 is 5.97 Å². The molecule has 0 aromatic heterocycles. The van der Waals surface area contributed by atoms with Crippen LogP contribution in [0.5, 0.6) is 5.75 Å². The largest absolute Gasteiger partial charge is 0.494 e. The van der Waals surface area contributed by atoms with E-state index >= 15 is 0 Å². The van der Waals surface area contributed by atoms with Gasteiger partial charge in [-0.25, -0.2) is 0 Å². The average Bonchev–Trinajstić information content (AvgIpc) is 2.58. The van der Waals surface area contributed by atoms with E-state index in [4.69, 9.17) is 21.1 Å². The summed E-state index contributed by atoms with van der Waals surface area (Å²) in [6.07, 6.45) is 0.0931. The molecule has 6 heteroatoms. The van der Waals surface area contributed by atoms with Crippen molar-refractivity contribution in [3.63, 3.8) is 0 Å². The van der Waals surface area contributed by atoms with Crippen molar-refractivity contribution in [1.82, 2.24) is 0 Å². The van der Waals surface area contributed by atoms with E-state index in [1.165, 1.54) is 0 Å². The molecule has 2 aromatic carbocycles. The van der Waals surface area contributed by atoms with Crippen LogP contribution in [0.4, 0.5) is 5.69 Å². The van der Waals surface area contributed by atoms with Gasteiger partial charge in [-0.1, -0.05) is 29.8 Å². The lowest BCUT2D eigenvalue weighted by Crippen LogP contribution is -2.22. The maximum atomic E-state index is 11.9. The smallest absolute Gasteiger partial charge is 0.310 e. The first-order chi connectivity index (χ1) is 12.0. The van der Waals surface area contributed by atoms with Crippen LogP contribution in [-0.4, -0.2) is 25.1 Å². The molecule has 0 aliphatic carbocycles. The summed E-state index contributed by atoms with van der Waals surface area (Å²) in [5.41, 5.74) is 2.26. The first kappa shape index (κ1) is 18.8. The van der Waals surface area contributed by atoms with Gasteiger partial charge in [0.15, 0.2) is 6.61 Å². The molecule has 132 valence electrons. The van der Waals surface area contributed by atoms with Crippen LogP contribution >= 0.6 is 11.6 Å². The number of carbonyl (C=O) groups excluding carboxylic acids is 2. The van der Waals surface area contributed by atoms with Crippen molar-refractivity contribution >= 4 is 29.2 Å². The number of carbonyl (C=O) groups is 2. The molecule has 0 spiro atoms. The molecule has 2 aromatic rings. The lowest BCUT2D eigenvalue weighted by Gasteiger charge is -2.09. The number of esters is 1. The molecule has 2 rings (SSSR count). The summed E-state index contributed by atoms with van der Waals surface area (Å²) in [6, 6.07) is 12.4. The number of ether oxygens (including phenoxy) is 2. The van der Waals surface area contributed by atoms with Gasteiger partial charge in [0.25, 0.3) is 5.91 Å². The molecule has 0 aliphatic rings. The fourth-order valence-corrected chi connectivity index (χ4v) is 2.32. The Labute approximate surface area is 151 Å². The quantitative estimate of drug-likeness (QED) is 0.762. The third kappa shape index (κ3) is 6.12. The van der Waals surface area contributed by atoms with Gasteiger partial charge in [-0.3, -0.25) is 9.59 Å². The van der Waals surface area contributed by atoms with Crippen LogP contribution < -0.4 is 10.1 Å². The van der Waals surface area contributed by atoms with Gasteiger partial charge in [0, 0.05) is 10.7 Å². The molecule has 0 saturated carbocycles. The zero-order valence-electron chi connectivity index (χ0n) is 14.2. The predicted octanol–water partition coefficient (Wildman–Crippen LogP) is 3.77. The van der Waals surface area contributed by atoms with E-state index in [0.29, 0.717) is 17.3 Å². The van der Waals surface area contributed by atoms with Crippen molar-refractivity contribution in [2.75, 3.05) is 18.5 Å². The van der Waals surface area contributed by atoms with E-state index < -0.39 is 11.9 Å². The van der Waals surface area contributed by atoms with Crippen molar-refractivity contribution in [3.8, 4) is 5.75 Å². The summed E-state index contributed by atoms with van der Waals surface area (Å²) >= 11 is 5.90. The SMILES string of the molecule is CCOc1ccc(CC(=O)OCC(=O)Nc2cc(Cl)ccc2C)cc1. The number of anilines is 1. The van der Waals surface area contributed by atoms with Crippen LogP contribution in [0, 0.1) is 6.92 Å². The second-order valence-electron chi connectivity index (χ2n) is 5.42. The Balaban J connectivity index is 1.80. The van der Waals surface area contributed by atoms with Crippen molar-refractivity contribution in [1.29, 1.82) is 0 Å². The highest BCUT2D eigenvalue weighted by atomic mass is 35.5. The Bertz CT molecular complexity index is 744. The van der Waals surface area contributed by atoms with Gasteiger partial charge < -0.3 is 14.8 Å². The van der Waals surface area contributed by atoms with E-state index in [2.05, 4.69) is 5.32 Å². The number of halogens is 1. The number of aryl methyl sites for hydroxylation is 1. The normalized spacial score (nSPS) is 10.2. The number of benzene rings is 2. The van der Waals surface area contributed by atoms with Crippen LogP contribution in [0.2, 0.25) is 5.02 Å². The van der Waals surface area contributed by atoms with Crippen molar-refractivity contribution in [3.05, 3.63) is 58.6 Å². The Morgan fingerprint density at radius 1 is 1.12 bits per heavy atom. The molecule has 0 unspecified atom stereocenters. The van der Waals surface area contributed by atoms with Crippen LogP contribution in [-0.2, 0) is 20.7 Å². The van der Waals surface area contributed by atoms with E-state index in [1.54, 1.807) is 42.5 Å². The Kier molecular flexibility index (Phi) is 6.83. The number of hydrogen-bond donors (Lipinski definition) is 1. The van der Waals surface area contributed by atoms with Crippen LogP contribution in [0.1, 0.15) is 18.1 Å². The minimum Gasteiger partial charge on any atom is -0.494 e. The van der Waals surface area contributed by atoms with Gasteiger partial charge in [0.05, 0.1) is 13.0 Å². The van der Waals surface area contributed by atoms with Gasteiger partial charge in [-0.15, -0.1) is 0 Å². The van der Waals surface area contributed by atoms with Gasteiger partial charge in [0.1, 0.15) is 5.75 Å². The van der Waals surface area contributed by atoms with Crippen molar-refractivity contribution in [2.24, 2.45) is 0 Å². The van der Waals surface area contributed by atoms with Crippen LogP contribution in [0.25, 0.3) is 0 Å². The van der Waals surface area contributed by atoms with E-state index in [1.807, 2.05) is 13.8 Å². The molecule has 0 heterocycles. The molecule has 25 heavy (non-hydrogen) atoms. The van der Waals surface area contributed by atoms with E-state index in [0.717, 1.165) is 16.9 Å². The maximum Gasteiger partial charge on any atom is 0.310 e. The second-order valence-corrected chi connectivity index (χ2v) is 5.86. The molecule has 0 aliphatic heterocycles. The standard InChI is InChI=1S/C19H20ClNO4/c1-3-24-16-8-5-14(6-9-16)10-19(23)25-12-18(22)21-17-11-15(20)7-4-13(17)2/h4-9,11H,3,10,12H2,1-2H3,(H,21,22). The number of rotatable bonds is 7. The van der Waals surface area contributed by atoms with Gasteiger partial charge in [0.2, 0.25) is 0 Å².